The molecular weight excluding hydrogens is 534 g/mol. The third kappa shape index (κ3) is 7.20. The summed E-state index contributed by atoms with van der Waals surface area (Å²) in [6.07, 6.45) is 1.56. The molecule has 1 heterocycles. The lowest BCUT2D eigenvalue weighted by Gasteiger charge is -2.11. The number of aryl methyl sites for hydroxylation is 1. The van der Waals surface area contributed by atoms with Gasteiger partial charge in [0.05, 0.1) is 19.1 Å². The first kappa shape index (κ1) is 27.7. The van der Waals surface area contributed by atoms with Crippen LogP contribution in [0.5, 0.6) is 11.5 Å². The normalized spacial score (nSPS) is 11.0. The quantitative estimate of drug-likeness (QED) is 0.119. The van der Waals surface area contributed by atoms with Gasteiger partial charge in [-0.1, -0.05) is 90.1 Å². The van der Waals surface area contributed by atoms with Gasteiger partial charge in [0.1, 0.15) is 6.61 Å². The molecule has 0 spiro atoms. The number of ether oxygens (including phenoxy) is 2. The van der Waals surface area contributed by atoms with Gasteiger partial charge in [0, 0.05) is 11.3 Å². The summed E-state index contributed by atoms with van der Waals surface area (Å²) in [5.41, 5.74) is 7.43. The number of rotatable bonds is 11. The van der Waals surface area contributed by atoms with Crippen LogP contribution in [0, 0.1) is 6.92 Å². The van der Waals surface area contributed by atoms with Crippen molar-refractivity contribution in [3.63, 3.8) is 0 Å². The van der Waals surface area contributed by atoms with Crippen molar-refractivity contribution in [1.82, 2.24) is 20.2 Å². The van der Waals surface area contributed by atoms with Crippen LogP contribution in [0.4, 0.5) is 0 Å². The summed E-state index contributed by atoms with van der Waals surface area (Å²) in [4.78, 5) is 12.6. The Hall–Kier alpha value is -4.89. The Morgan fingerprint density at radius 2 is 1.66 bits per heavy atom. The highest BCUT2D eigenvalue weighted by molar-refractivity contribution is 7.99. The molecule has 0 atom stereocenters. The molecule has 0 saturated heterocycles. The van der Waals surface area contributed by atoms with Crippen molar-refractivity contribution in [2.24, 2.45) is 5.10 Å². The molecule has 206 valence electrons. The van der Waals surface area contributed by atoms with Crippen LogP contribution in [0.3, 0.4) is 0 Å². The molecule has 4 aromatic carbocycles. The van der Waals surface area contributed by atoms with Gasteiger partial charge >= 0.3 is 0 Å². The largest absolute Gasteiger partial charge is 0.493 e. The molecule has 9 heteroatoms. The molecule has 0 saturated carbocycles. The second kappa shape index (κ2) is 13.5. The van der Waals surface area contributed by atoms with Crippen LogP contribution in [0.15, 0.2) is 113 Å². The molecule has 0 bridgehead atoms. The van der Waals surface area contributed by atoms with Crippen molar-refractivity contribution in [2.75, 3.05) is 12.9 Å². The van der Waals surface area contributed by atoms with E-state index in [0.29, 0.717) is 29.1 Å². The second-order valence-electron chi connectivity index (χ2n) is 9.11. The Kier molecular flexibility index (Phi) is 9.08. The highest BCUT2D eigenvalue weighted by Crippen LogP contribution is 2.29. The molecule has 1 aromatic heterocycles. The molecule has 41 heavy (non-hydrogen) atoms. The summed E-state index contributed by atoms with van der Waals surface area (Å²) >= 11 is 1.29. The zero-order valence-electron chi connectivity index (χ0n) is 22.7. The van der Waals surface area contributed by atoms with Crippen molar-refractivity contribution >= 4 is 23.9 Å². The minimum Gasteiger partial charge on any atom is -0.493 e. The van der Waals surface area contributed by atoms with Crippen molar-refractivity contribution in [2.45, 2.75) is 18.7 Å². The Morgan fingerprint density at radius 1 is 0.927 bits per heavy atom. The number of thioether (sulfide) groups is 1. The number of amides is 1. The number of aromatic nitrogens is 3. The third-order valence-electron chi connectivity index (χ3n) is 6.12. The SMILES string of the molecule is COc1cc(C=NNC(=O)CSc2nnc(-c3ccc(C)cc3)n2-c2ccccc2)ccc1OCc1ccccc1. The van der Waals surface area contributed by atoms with E-state index >= 15 is 0 Å². The van der Waals surface area contributed by atoms with Gasteiger partial charge in [-0.2, -0.15) is 5.10 Å². The highest BCUT2D eigenvalue weighted by atomic mass is 32.2. The Labute approximate surface area is 243 Å². The monoisotopic (exact) mass is 563 g/mol. The van der Waals surface area contributed by atoms with Crippen molar-refractivity contribution in [3.8, 4) is 28.6 Å². The first-order valence-electron chi connectivity index (χ1n) is 13.0. The molecule has 0 aliphatic rings. The number of hydrogen-bond acceptors (Lipinski definition) is 7. The van der Waals surface area contributed by atoms with E-state index in [9.17, 15) is 4.79 Å². The zero-order valence-corrected chi connectivity index (χ0v) is 23.5. The Bertz CT molecular complexity index is 1620. The average molecular weight is 564 g/mol. The fraction of sp³-hybridized carbons (Fsp3) is 0.125. The molecule has 1 N–H and O–H groups in total. The van der Waals surface area contributed by atoms with Crippen molar-refractivity contribution in [3.05, 3.63) is 120 Å². The van der Waals surface area contributed by atoms with Gasteiger partial charge in [0.15, 0.2) is 22.5 Å². The summed E-state index contributed by atoms with van der Waals surface area (Å²) in [6.45, 7) is 2.48. The molecule has 0 aliphatic carbocycles. The van der Waals surface area contributed by atoms with E-state index in [2.05, 4.69) is 20.7 Å². The van der Waals surface area contributed by atoms with Crippen LogP contribution in [-0.2, 0) is 11.4 Å². The minimum atomic E-state index is -0.263. The van der Waals surface area contributed by atoms with E-state index in [4.69, 9.17) is 9.47 Å². The minimum absolute atomic E-state index is 0.117. The van der Waals surface area contributed by atoms with E-state index in [0.717, 1.165) is 27.9 Å². The number of benzene rings is 4. The predicted octanol–water partition coefficient (Wildman–Crippen LogP) is 6.07. The van der Waals surface area contributed by atoms with E-state index < -0.39 is 0 Å². The third-order valence-corrected chi connectivity index (χ3v) is 7.05. The number of hydrazone groups is 1. The summed E-state index contributed by atoms with van der Waals surface area (Å²) in [7, 11) is 1.59. The number of carbonyl (C=O) groups is 1. The molecule has 0 unspecified atom stereocenters. The Morgan fingerprint density at radius 3 is 2.39 bits per heavy atom. The Balaban J connectivity index is 1.21. The number of hydrogen-bond donors (Lipinski definition) is 1. The topological polar surface area (TPSA) is 90.6 Å². The standard InChI is InChI=1S/C32H29N5O3S/c1-23-13-16-26(17-14-23)31-35-36-32(37(31)27-11-7-4-8-12-27)41-22-30(38)34-33-20-25-15-18-28(29(19-25)39-2)40-21-24-9-5-3-6-10-24/h3-20H,21-22H2,1-2H3,(H,34,38). The average Bonchev–Trinajstić information content (AvgIpc) is 3.44. The molecule has 0 radical (unpaired) electrons. The maximum Gasteiger partial charge on any atom is 0.250 e. The lowest BCUT2D eigenvalue weighted by molar-refractivity contribution is -0.118. The van der Waals surface area contributed by atoms with Crippen molar-refractivity contribution in [1.29, 1.82) is 0 Å². The molecule has 5 rings (SSSR count). The maximum absolute atomic E-state index is 12.6. The number of carbonyl (C=O) groups excluding carboxylic acids is 1. The number of nitrogens with zero attached hydrogens (tertiary/aromatic N) is 4. The molecule has 8 nitrogen and oxygen atoms in total. The molecular formula is C32H29N5O3S. The number of para-hydroxylation sites is 1. The first-order chi connectivity index (χ1) is 20.1. The van der Waals surface area contributed by atoms with Gasteiger partial charge in [-0.05, 0) is 48.4 Å². The van der Waals surface area contributed by atoms with Crippen LogP contribution in [0.1, 0.15) is 16.7 Å². The lowest BCUT2D eigenvalue weighted by atomic mass is 10.1. The first-order valence-corrected chi connectivity index (χ1v) is 14.0. The van der Waals surface area contributed by atoms with Crippen LogP contribution >= 0.6 is 11.8 Å². The summed E-state index contributed by atoms with van der Waals surface area (Å²) < 4.78 is 13.3. The van der Waals surface area contributed by atoms with E-state index in [-0.39, 0.29) is 11.7 Å². The van der Waals surface area contributed by atoms with Gasteiger partial charge in [0.25, 0.3) is 5.91 Å². The van der Waals surface area contributed by atoms with E-state index in [1.807, 2.05) is 109 Å². The van der Waals surface area contributed by atoms with Gasteiger partial charge in [-0.15, -0.1) is 10.2 Å². The maximum atomic E-state index is 12.6. The van der Waals surface area contributed by atoms with Crippen LogP contribution in [-0.4, -0.2) is 39.7 Å². The predicted molar refractivity (Wildman–Crippen MR) is 162 cm³/mol. The fourth-order valence-corrected chi connectivity index (χ4v) is 4.77. The van der Waals surface area contributed by atoms with Gasteiger partial charge in [-0.3, -0.25) is 9.36 Å². The summed E-state index contributed by atoms with van der Waals surface area (Å²) in [5.74, 6) is 1.77. The van der Waals surface area contributed by atoms with Crippen LogP contribution in [0.2, 0.25) is 0 Å². The van der Waals surface area contributed by atoms with Crippen molar-refractivity contribution < 1.29 is 14.3 Å². The molecule has 0 fully saturated rings. The van der Waals surface area contributed by atoms with Crippen LogP contribution < -0.4 is 14.9 Å². The highest BCUT2D eigenvalue weighted by Gasteiger charge is 2.17. The molecule has 5 aromatic rings. The van der Waals surface area contributed by atoms with E-state index in [1.54, 1.807) is 19.4 Å². The fourth-order valence-electron chi connectivity index (χ4n) is 4.02. The summed E-state index contributed by atoms with van der Waals surface area (Å²) in [6, 6.07) is 33.4. The number of nitrogens with one attached hydrogen (secondary N) is 1. The second-order valence-corrected chi connectivity index (χ2v) is 10.1. The van der Waals surface area contributed by atoms with Crippen LogP contribution in [0.25, 0.3) is 17.1 Å². The van der Waals surface area contributed by atoms with Gasteiger partial charge < -0.3 is 9.47 Å². The van der Waals surface area contributed by atoms with Gasteiger partial charge in [-0.25, -0.2) is 5.43 Å². The van der Waals surface area contributed by atoms with E-state index in [1.165, 1.54) is 11.8 Å². The zero-order chi connectivity index (χ0) is 28.4. The van der Waals surface area contributed by atoms with Gasteiger partial charge in [0.2, 0.25) is 0 Å². The molecule has 0 aliphatic heterocycles. The lowest BCUT2D eigenvalue weighted by Crippen LogP contribution is -2.20. The summed E-state index contributed by atoms with van der Waals surface area (Å²) in [5, 5.41) is 13.5. The smallest absolute Gasteiger partial charge is 0.250 e. The molecule has 1 amide bonds. The number of methoxy groups -OCH3 is 1.